The number of nitrogens with one attached hydrogen (secondary N) is 2. The van der Waals surface area contributed by atoms with Crippen molar-refractivity contribution in [3.05, 3.63) is 53.6 Å². The second-order valence-electron chi connectivity index (χ2n) is 5.63. The third-order valence-corrected chi connectivity index (χ3v) is 4.03. The van der Waals surface area contributed by atoms with Crippen LogP contribution in [0.4, 0.5) is 0 Å². The molecular formula is C20H27N3O3. The van der Waals surface area contributed by atoms with Crippen molar-refractivity contribution in [2.45, 2.75) is 13.0 Å². The summed E-state index contributed by atoms with van der Waals surface area (Å²) in [7, 11) is 6.72. The van der Waals surface area contributed by atoms with Crippen LogP contribution in [-0.2, 0) is 13.0 Å². The van der Waals surface area contributed by atoms with Crippen molar-refractivity contribution in [2.24, 2.45) is 4.99 Å². The van der Waals surface area contributed by atoms with Crippen LogP contribution in [0.3, 0.4) is 0 Å². The lowest BCUT2D eigenvalue weighted by Gasteiger charge is -2.14. The van der Waals surface area contributed by atoms with E-state index in [1.54, 1.807) is 28.4 Å². The first-order chi connectivity index (χ1) is 12.7. The van der Waals surface area contributed by atoms with E-state index in [0.717, 1.165) is 41.7 Å². The quantitative estimate of drug-likeness (QED) is 0.562. The molecule has 2 rings (SSSR count). The summed E-state index contributed by atoms with van der Waals surface area (Å²) >= 11 is 0. The fraction of sp³-hybridized carbons (Fsp3) is 0.350. The minimum atomic E-state index is 0.607. The molecule has 0 aromatic heterocycles. The van der Waals surface area contributed by atoms with E-state index in [0.29, 0.717) is 6.54 Å². The molecule has 0 fully saturated rings. The van der Waals surface area contributed by atoms with Gasteiger partial charge in [-0.1, -0.05) is 12.1 Å². The Labute approximate surface area is 155 Å². The van der Waals surface area contributed by atoms with E-state index < -0.39 is 0 Å². The molecular weight excluding hydrogens is 330 g/mol. The average Bonchev–Trinajstić information content (AvgIpc) is 2.70. The molecule has 6 heteroatoms. The second-order valence-corrected chi connectivity index (χ2v) is 5.63. The molecule has 2 aromatic carbocycles. The molecule has 6 nitrogen and oxygen atoms in total. The van der Waals surface area contributed by atoms with Crippen LogP contribution >= 0.6 is 0 Å². The third-order valence-electron chi connectivity index (χ3n) is 4.03. The summed E-state index contributed by atoms with van der Waals surface area (Å²) in [5, 5.41) is 6.62. The van der Waals surface area contributed by atoms with Gasteiger partial charge in [0.25, 0.3) is 0 Å². The standard InChI is InChI=1S/C20H27N3O3/c1-21-20(22-12-11-15-5-8-17(24-2)9-6-15)23-14-16-7-10-18(25-3)13-19(16)26-4/h5-10,13H,11-12,14H2,1-4H3,(H2,21,22,23). The molecule has 0 saturated heterocycles. The summed E-state index contributed by atoms with van der Waals surface area (Å²) in [5.41, 5.74) is 2.27. The van der Waals surface area contributed by atoms with Gasteiger partial charge >= 0.3 is 0 Å². The van der Waals surface area contributed by atoms with Gasteiger partial charge in [0.2, 0.25) is 0 Å². The molecule has 0 amide bonds. The van der Waals surface area contributed by atoms with Crippen LogP contribution in [0.25, 0.3) is 0 Å². The Hall–Kier alpha value is -2.89. The number of nitrogens with zero attached hydrogens (tertiary/aromatic N) is 1. The second kappa shape index (κ2) is 10.2. The number of hydrogen-bond donors (Lipinski definition) is 2. The predicted octanol–water partition coefficient (Wildman–Crippen LogP) is 2.62. The van der Waals surface area contributed by atoms with Gasteiger partial charge in [0.15, 0.2) is 5.96 Å². The van der Waals surface area contributed by atoms with Crippen molar-refractivity contribution in [3.63, 3.8) is 0 Å². The van der Waals surface area contributed by atoms with Gasteiger partial charge in [0.05, 0.1) is 21.3 Å². The van der Waals surface area contributed by atoms with Crippen LogP contribution in [0.15, 0.2) is 47.5 Å². The molecule has 140 valence electrons. The average molecular weight is 357 g/mol. The van der Waals surface area contributed by atoms with Gasteiger partial charge in [-0.15, -0.1) is 0 Å². The van der Waals surface area contributed by atoms with Crippen molar-refractivity contribution in [2.75, 3.05) is 34.9 Å². The molecule has 0 aliphatic carbocycles. The molecule has 0 unspecified atom stereocenters. The van der Waals surface area contributed by atoms with Gasteiger partial charge in [0, 0.05) is 31.8 Å². The highest BCUT2D eigenvalue weighted by Crippen LogP contribution is 2.24. The van der Waals surface area contributed by atoms with Crippen LogP contribution in [0.5, 0.6) is 17.2 Å². The van der Waals surface area contributed by atoms with Crippen LogP contribution in [0.2, 0.25) is 0 Å². The van der Waals surface area contributed by atoms with Crippen LogP contribution in [0.1, 0.15) is 11.1 Å². The van der Waals surface area contributed by atoms with Crippen molar-refractivity contribution in [1.82, 2.24) is 10.6 Å². The monoisotopic (exact) mass is 357 g/mol. The van der Waals surface area contributed by atoms with E-state index in [1.807, 2.05) is 30.3 Å². The maximum Gasteiger partial charge on any atom is 0.191 e. The van der Waals surface area contributed by atoms with Crippen LogP contribution in [0, 0.1) is 0 Å². The Morgan fingerprint density at radius 2 is 1.58 bits per heavy atom. The lowest BCUT2D eigenvalue weighted by Crippen LogP contribution is -2.37. The van der Waals surface area contributed by atoms with E-state index in [1.165, 1.54) is 5.56 Å². The first-order valence-electron chi connectivity index (χ1n) is 8.48. The van der Waals surface area contributed by atoms with Crippen molar-refractivity contribution in [1.29, 1.82) is 0 Å². The SMILES string of the molecule is CN=C(NCCc1ccc(OC)cc1)NCc1ccc(OC)cc1OC. The van der Waals surface area contributed by atoms with E-state index >= 15 is 0 Å². The van der Waals surface area contributed by atoms with Crippen LogP contribution in [-0.4, -0.2) is 40.9 Å². The number of rotatable bonds is 8. The number of ether oxygens (including phenoxy) is 3. The largest absolute Gasteiger partial charge is 0.497 e. The molecule has 2 aromatic rings. The first kappa shape index (κ1) is 19.4. The Bertz CT molecular complexity index is 715. The van der Waals surface area contributed by atoms with E-state index in [2.05, 4.69) is 27.8 Å². The molecule has 0 saturated carbocycles. The zero-order valence-corrected chi connectivity index (χ0v) is 15.8. The zero-order valence-electron chi connectivity index (χ0n) is 15.8. The smallest absolute Gasteiger partial charge is 0.191 e. The van der Waals surface area contributed by atoms with E-state index in [9.17, 15) is 0 Å². The van der Waals surface area contributed by atoms with Crippen molar-refractivity contribution < 1.29 is 14.2 Å². The molecule has 0 aliphatic rings. The number of guanidine groups is 1. The van der Waals surface area contributed by atoms with Crippen molar-refractivity contribution in [3.8, 4) is 17.2 Å². The Morgan fingerprint density at radius 3 is 2.19 bits per heavy atom. The zero-order chi connectivity index (χ0) is 18.8. The maximum absolute atomic E-state index is 5.42. The summed E-state index contributed by atoms with van der Waals surface area (Å²) in [6.45, 7) is 1.39. The fourth-order valence-electron chi connectivity index (χ4n) is 2.51. The first-order valence-corrected chi connectivity index (χ1v) is 8.48. The minimum absolute atomic E-state index is 0.607. The summed E-state index contributed by atoms with van der Waals surface area (Å²) in [4.78, 5) is 4.26. The Kier molecular flexibility index (Phi) is 7.61. The molecule has 26 heavy (non-hydrogen) atoms. The molecule has 0 aliphatic heterocycles. The highest BCUT2D eigenvalue weighted by atomic mass is 16.5. The lowest BCUT2D eigenvalue weighted by atomic mass is 10.1. The lowest BCUT2D eigenvalue weighted by molar-refractivity contribution is 0.390. The Balaban J connectivity index is 1.84. The molecule has 0 atom stereocenters. The molecule has 0 bridgehead atoms. The van der Waals surface area contributed by atoms with Gasteiger partial charge < -0.3 is 24.8 Å². The number of hydrogen-bond acceptors (Lipinski definition) is 4. The summed E-state index contributed by atoms with van der Waals surface area (Å²) in [6.07, 6.45) is 0.899. The number of benzene rings is 2. The van der Waals surface area contributed by atoms with Crippen molar-refractivity contribution >= 4 is 5.96 Å². The normalized spacial score (nSPS) is 11.0. The number of aliphatic imine (C=N–C) groups is 1. The molecule has 0 spiro atoms. The molecule has 0 heterocycles. The van der Waals surface area contributed by atoms with E-state index in [4.69, 9.17) is 14.2 Å². The minimum Gasteiger partial charge on any atom is -0.497 e. The highest BCUT2D eigenvalue weighted by molar-refractivity contribution is 5.79. The fourth-order valence-corrected chi connectivity index (χ4v) is 2.51. The predicted molar refractivity (Wildman–Crippen MR) is 104 cm³/mol. The van der Waals surface area contributed by atoms with Gasteiger partial charge in [-0.3, -0.25) is 4.99 Å². The third kappa shape index (κ3) is 5.58. The highest BCUT2D eigenvalue weighted by Gasteiger charge is 2.06. The summed E-state index contributed by atoms with van der Waals surface area (Å²) < 4.78 is 15.8. The van der Waals surface area contributed by atoms with Gasteiger partial charge in [-0.05, 0) is 36.2 Å². The molecule has 0 radical (unpaired) electrons. The topological polar surface area (TPSA) is 64.1 Å². The molecule has 2 N–H and O–H groups in total. The summed E-state index contributed by atoms with van der Waals surface area (Å²) in [5.74, 6) is 3.17. The number of methoxy groups -OCH3 is 3. The maximum atomic E-state index is 5.42. The summed E-state index contributed by atoms with van der Waals surface area (Å²) in [6, 6.07) is 13.8. The Morgan fingerprint density at radius 1 is 0.885 bits per heavy atom. The van der Waals surface area contributed by atoms with Gasteiger partial charge in [-0.25, -0.2) is 0 Å². The van der Waals surface area contributed by atoms with Gasteiger partial charge in [-0.2, -0.15) is 0 Å². The van der Waals surface area contributed by atoms with E-state index in [-0.39, 0.29) is 0 Å². The van der Waals surface area contributed by atoms with Crippen LogP contribution < -0.4 is 24.8 Å². The van der Waals surface area contributed by atoms with Gasteiger partial charge in [0.1, 0.15) is 17.2 Å².